The highest BCUT2D eigenvalue weighted by molar-refractivity contribution is 7.10. The zero-order valence-corrected chi connectivity index (χ0v) is 15.0. The average molecular weight is 344 g/mol. The maximum atomic E-state index is 12.8. The van der Waals surface area contributed by atoms with Crippen LogP contribution in [0, 0.1) is 6.92 Å². The molecule has 128 valence electrons. The molecular weight excluding hydrogens is 320 g/mol. The summed E-state index contributed by atoms with van der Waals surface area (Å²) in [6, 6.07) is 2.59. The van der Waals surface area contributed by atoms with Crippen molar-refractivity contribution >= 4 is 17.2 Å². The zero-order chi connectivity index (χ0) is 16.5. The molecule has 2 aliphatic heterocycles. The molecule has 0 aliphatic carbocycles. The van der Waals surface area contributed by atoms with Crippen molar-refractivity contribution in [1.29, 1.82) is 0 Å². The van der Waals surface area contributed by atoms with Gasteiger partial charge in [0.25, 0.3) is 0 Å². The van der Waals surface area contributed by atoms with Gasteiger partial charge in [0, 0.05) is 30.2 Å². The van der Waals surface area contributed by atoms with E-state index in [9.17, 15) is 4.79 Å². The van der Waals surface area contributed by atoms with Gasteiger partial charge in [0.15, 0.2) is 0 Å². The first kappa shape index (κ1) is 15.8. The van der Waals surface area contributed by atoms with Crippen molar-refractivity contribution in [2.24, 2.45) is 0 Å². The van der Waals surface area contributed by atoms with E-state index in [-0.39, 0.29) is 5.91 Å². The fourth-order valence-electron chi connectivity index (χ4n) is 3.83. The lowest BCUT2D eigenvalue weighted by atomic mass is 10.1. The molecule has 0 radical (unpaired) electrons. The monoisotopic (exact) mass is 344 g/mol. The fraction of sp³-hybridized carbons (Fsp3) is 0.556. The summed E-state index contributed by atoms with van der Waals surface area (Å²) in [4.78, 5) is 18.6. The standard InChI is InChI=1S/C18H24N4OS/c1-14-9-19-22(10-14)12-16-3-2-6-20(16)13-18(23)21-7-4-17-15(11-21)5-8-24-17/h5,8-10,16H,2-4,6-7,11-13H2,1H3. The Bertz CT molecular complexity index is 722. The molecule has 4 rings (SSSR count). The molecule has 4 heterocycles. The largest absolute Gasteiger partial charge is 0.337 e. The van der Waals surface area contributed by atoms with Crippen LogP contribution in [0.4, 0.5) is 0 Å². The number of fused-ring (bicyclic) bond motifs is 1. The smallest absolute Gasteiger partial charge is 0.237 e. The number of amides is 1. The lowest BCUT2D eigenvalue weighted by Gasteiger charge is -2.30. The second-order valence-electron chi connectivity index (χ2n) is 6.94. The average Bonchev–Trinajstić information content (AvgIpc) is 3.29. The SMILES string of the molecule is Cc1cnn(CC2CCCN2CC(=O)N2CCc3sccc3C2)c1. The molecule has 1 saturated heterocycles. The molecular formula is C18H24N4OS. The number of hydrogen-bond donors (Lipinski definition) is 0. The number of thiophene rings is 1. The Hall–Kier alpha value is -1.66. The van der Waals surface area contributed by atoms with Gasteiger partial charge in [-0.25, -0.2) is 0 Å². The van der Waals surface area contributed by atoms with Gasteiger partial charge in [-0.15, -0.1) is 11.3 Å². The Kier molecular flexibility index (Phi) is 4.41. The van der Waals surface area contributed by atoms with Gasteiger partial charge in [-0.1, -0.05) is 0 Å². The first-order valence-corrected chi connectivity index (χ1v) is 9.63. The van der Waals surface area contributed by atoms with E-state index in [1.54, 1.807) is 0 Å². The summed E-state index contributed by atoms with van der Waals surface area (Å²) in [5.41, 5.74) is 2.53. The van der Waals surface area contributed by atoms with Crippen molar-refractivity contribution in [2.45, 2.75) is 45.3 Å². The van der Waals surface area contributed by atoms with Crippen molar-refractivity contribution in [3.05, 3.63) is 39.8 Å². The normalized spacial score (nSPS) is 21.2. The van der Waals surface area contributed by atoms with E-state index in [0.717, 1.165) is 39.0 Å². The Balaban J connectivity index is 1.36. The van der Waals surface area contributed by atoms with Crippen LogP contribution in [0.25, 0.3) is 0 Å². The molecule has 1 fully saturated rings. The first-order valence-electron chi connectivity index (χ1n) is 8.75. The summed E-state index contributed by atoms with van der Waals surface area (Å²) in [7, 11) is 0. The van der Waals surface area contributed by atoms with E-state index in [0.29, 0.717) is 12.6 Å². The fourth-order valence-corrected chi connectivity index (χ4v) is 4.72. The number of carbonyl (C=O) groups excluding carboxylic acids is 1. The third kappa shape index (κ3) is 3.26. The minimum absolute atomic E-state index is 0.274. The maximum Gasteiger partial charge on any atom is 0.237 e. The summed E-state index contributed by atoms with van der Waals surface area (Å²) in [5, 5.41) is 6.54. The molecule has 1 amide bonds. The van der Waals surface area contributed by atoms with Gasteiger partial charge >= 0.3 is 0 Å². The Morgan fingerprint density at radius 1 is 1.42 bits per heavy atom. The number of likely N-dealkylation sites (tertiary alicyclic amines) is 1. The Labute approximate surface area is 146 Å². The number of carbonyl (C=O) groups is 1. The molecule has 0 spiro atoms. The first-order chi connectivity index (χ1) is 11.7. The minimum Gasteiger partial charge on any atom is -0.337 e. The van der Waals surface area contributed by atoms with Crippen molar-refractivity contribution < 1.29 is 4.79 Å². The highest BCUT2D eigenvalue weighted by Gasteiger charge is 2.29. The molecule has 6 heteroatoms. The summed E-state index contributed by atoms with van der Waals surface area (Å²) >= 11 is 1.82. The van der Waals surface area contributed by atoms with Gasteiger partial charge in [0.2, 0.25) is 5.91 Å². The number of aryl methyl sites for hydroxylation is 1. The molecule has 2 aromatic heterocycles. The molecule has 5 nitrogen and oxygen atoms in total. The van der Waals surface area contributed by atoms with Crippen molar-refractivity contribution in [3.63, 3.8) is 0 Å². The number of aromatic nitrogens is 2. The molecule has 0 bridgehead atoms. The van der Waals surface area contributed by atoms with Crippen LogP contribution in [0.3, 0.4) is 0 Å². The van der Waals surface area contributed by atoms with E-state index in [1.165, 1.54) is 22.4 Å². The maximum absolute atomic E-state index is 12.8. The molecule has 0 N–H and O–H groups in total. The van der Waals surface area contributed by atoms with E-state index < -0.39 is 0 Å². The summed E-state index contributed by atoms with van der Waals surface area (Å²) in [6.45, 7) is 6.17. The van der Waals surface area contributed by atoms with Gasteiger partial charge < -0.3 is 4.90 Å². The summed E-state index contributed by atoms with van der Waals surface area (Å²) in [5.74, 6) is 0.274. The van der Waals surface area contributed by atoms with Crippen LogP contribution in [-0.4, -0.2) is 51.2 Å². The number of nitrogens with zero attached hydrogens (tertiary/aromatic N) is 4. The predicted molar refractivity (Wildman–Crippen MR) is 95.0 cm³/mol. The van der Waals surface area contributed by atoms with Crippen molar-refractivity contribution in [2.75, 3.05) is 19.6 Å². The van der Waals surface area contributed by atoms with Crippen LogP contribution in [0.2, 0.25) is 0 Å². The second-order valence-corrected chi connectivity index (χ2v) is 7.94. The highest BCUT2D eigenvalue weighted by Crippen LogP contribution is 2.25. The predicted octanol–water partition coefficient (Wildman–Crippen LogP) is 2.30. The minimum atomic E-state index is 0.274. The van der Waals surface area contributed by atoms with Crippen LogP contribution in [0.5, 0.6) is 0 Å². The lowest BCUT2D eigenvalue weighted by Crippen LogP contribution is -2.44. The van der Waals surface area contributed by atoms with Gasteiger partial charge in [-0.2, -0.15) is 5.10 Å². The van der Waals surface area contributed by atoms with Gasteiger partial charge in [0.05, 0.1) is 19.3 Å². The van der Waals surface area contributed by atoms with Gasteiger partial charge in [-0.05, 0) is 55.3 Å². The van der Waals surface area contributed by atoms with Crippen LogP contribution in [0.15, 0.2) is 23.8 Å². The summed E-state index contributed by atoms with van der Waals surface area (Å²) < 4.78 is 2.02. The molecule has 1 atom stereocenters. The van der Waals surface area contributed by atoms with Crippen LogP contribution in [0.1, 0.15) is 28.8 Å². The van der Waals surface area contributed by atoms with Gasteiger partial charge in [-0.3, -0.25) is 14.4 Å². The number of hydrogen-bond acceptors (Lipinski definition) is 4. The molecule has 0 saturated carbocycles. The van der Waals surface area contributed by atoms with Gasteiger partial charge in [0.1, 0.15) is 0 Å². The van der Waals surface area contributed by atoms with E-state index in [2.05, 4.69) is 34.6 Å². The Morgan fingerprint density at radius 3 is 3.17 bits per heavy atom. The second kappa shape index (κ2) is 6.69. The third-order valence-electron chi connectivity index (χ3n) is 5.16. The van der Waals surface area contributed by atoms with Crippen LogP contribution in [-0.2, 0) is 24.3 Å². The molecule has 1 unspecified atom stereocenters. The summed E-state index contributed by atoms with van der Waals surface area (Å²) in [6.07, 6.45) is 7.32. The zero-order valence-electron chi connectivity index (χ0n) is 14.1. The quantitative estimate of drug-likeness (QED) is 0.855. The third-order valence-corrected chi connectivity index (χ3v) is 6.18. The lowest BCUT2D eigenvalue weighted by molar-refractivity contribution is -0.133. The van der Waals surface area contributed by atoms with Crippen LogP contribution >= 0.6 is 11.3 Å². The highest BCUT2D eigenvalue weighted by atomic mass is 32.1. The van der Waals surface area contributed by atoms with E-state index in [1.807, 2.05) is 27.1 Å². The van der Waals surface area contributed by atoms with E-state index >= 15 is 0 Å². The molecule has 0 aromatic carbocycles. The topological polar surface area (TPSA) is 41.4 Å². The van der Waals surface area contributed by atoms with Crippen LogP contribution < -0.4 is 0 Å². The number of rotatable bonds is 4. The van der Waals surface area contributed by atoms with Crippen molar-refractivity contribution in [3.8, 4) is 0 Å². The molecule has 2 aromatic rings. The van der Waals surface area contributed by atoms with E-state index in [4.69, 9.17) is 0 Å². The Morgan fingerprint density at radius 2 is 2.33 bits per heavy atom. The van der Waals surface area contributed by atoms with Crippen molar-refractivity contribution in [1.82, 2.24) is 19.6 Å². The molecule has 24 heavy (non-hydrogen) atoms. The molecule has 2 aliphatic rings.